The molecule has 5 rings (SSSR count). The van der Waals surface area contributed by atoms with E-state index in [9.17, 15) is 22.4 Å². The second kappa shape index (κ2) is 9.12. The van der Waals surface area contributed by atoms with Gasteiger partial charge in [0.2, 0.25) is 11.8 Å². The highest BCUT2D eigenvalue weighted by Crippen LogP contribution is 2.23. The van der Waals surface area contributed by atoms with Crippen molar-refractivity contribution in [3.63, 3.8) is 0 Å². The van der Waals surface area contributed by atoms with Gasteiger partial charge in [0.05, 0.1) is 10.4 Å². The zero-order chi connectivity index (χ0) is 24.6. The lowest BCUT2D eigenvalue weighted by atomic mass is 10.2. The summed E-state index contributed by atoms with van der Waals surface area (Å²) in [5.41, 5.74) is 1.16. The van der Waals surface area contributed by atoms with Gasteiger partial charge in [-0.25, -0.2) is 17.8 Å². The minimum atomic E-state index is -3.79. The number of sulfonamides is 1. The molecule has 0 unspecified atom stereocenters. The summed E-state index contributed by atoms with van der Waals surface area (Å²) in [7, 11) is -3.79. The quantitative estimate of drug-likeness (QED) is 0.425. The fourth-order valence-electron chi connectivity index (χ4n) is 3.95. The first-order chi connectivity index (χ1) is 16.8. The topological polar surface area (TPSA) is 105 Å². The molecule has 1 aliphatic heterocycles. The Bertz CT molecular complexity index is 1510. The monoisotopic (exact) mass is 515 g/mol. The lowest BCUT2D eigenvalue weighted by Crippen LogP contribution is -2.53. The summed E-state index contributed by atoms with van der Waals surface area (Å²) in [4.78, 5) is 32.6. The van der Waals surface area contributed by atoms with Crippen molar-refractivity contribution in [3.8, 4) is 0 Å². The third-order valence-corrected chi connectivity index (χ3v) is 7.90. The molecule has 2 aromatic carbocycles. The molecule has 1 N–H and O–H groups in total. The number of hydrogen-bond donors (Lipinski definition) is 1. The Hall–Kier alpha value is -3.77. The molecule has 4 aromatic rings. The summed E-state index contributed by atoms with van der Waals surface area (Å²) in [6.07, 6.45) is 3.22. The molecule has 1 saturated heterocycles. The molecule has 1 fully saturated rings. The Morgan fingerprint density at radius 1 is 1.14 bits per heavy atom. The number of rotatable bonds is 6. The molecule has 12 heteroatoms. The minimum Gasteiger partial charge on any atom is -0.338 e. The highest BCUT2D eigenvalue weighted by molar-refractivity contribution is 7.93. The molecule has 0 spiro atoms. The molecule has 0 saturated carbocycles. The van der Waals surface area contributed by atoms with Gasteiger partial charge in [-0.15, -0.1) is 11.3 Å². The molecule has 1 aliphatic rings. The maximum Gasteiger partial charge on any atom is 0.263 e. The van der Waals surface area contributed by atoms with Crippen molar-refractivity contribution >= 4 is 54.9 Å². The Kier molecular flexibility index (Phi) is 5.99. The fourth-order valence-corrected chi connectivity index (χ4v) is 5.74. The average Bonchev–Trinajstić information content (AvgIpc) is 3.48. The molecule has 0 radical (unpaired) electrons. The van der Waals surface area contributed by atoms with Crippen molar-refractivity contribution in [2.45, 2.75) is 11.4 Å². The van der Waals surface area contributed by atoms with Crippen molar-refractivity contribution in [3.05, 3.63) is 72.1 Å². The smallest absolute Gasteiger partial charge is 0.263 e. The van der Waals surface area contributed by atoms with Crippen molar-refractivity contribution in [2.75, 3.05) is 29.3 Å². The molecule has 9 nitrogen and oxygen atoms in total. The van der Waals surface area contributed by atoms with E-state index in [2.05, 4.69) is 9.71 Å². The van der Waals surface area contributed by atoms with Gasteiger partial charge < -0.3 is 14.4 Å². The highest BCUT2D eigenvalue weighted by atomic mass is 32.2. The number of fused-ring (bicyclic) bond motifs is 1. The molecule has 0 bridgehead atoms. The van der Waals surface area contributed by atoms with Crippen LogP contribution < -0.4 is 9.62 Å². The standard InChI is InChI=1S/C23H20FN5O4S2.H2/c24-17-2-1-16-7-9-27(20(16)13-17)14-21(30)28-10-11-29(22(31)15-28)18-3-5-19(6-4-18)35(32,33)26-23-25-8-12-34-23;/h1-9,12-13H,10-11,14-15H2,(H,25,26);1H. The van der Waals surface area contributed by atoms with Crippen LogP contribution in [-0.4, -0.2) is 54.3 Å². The van der Waals surface area contributed by atoms with Crippen molar-refractivity contribution in [1.82, 2.24) is 14.5 Å². The van der Waals surface area contributed by atoms with E-state index in [0.29, 0.717) is 17.7 Å². The van der Waals surface area contributed by atoms with Crippen LogP contribution in [-0.2, 0) is 26.2 Å². The molecule has 35 heavy (non-hydrogen) atoms. The Balaban J connectivity index is 0.00000304. The lowest BCUT2D eigenvalue weighted by Gasteiger charge is -2.34. The van der Waals surface area contributed by atoms with Crippen LogP contribution in [0.4, 0.5) is 15.2 Å². The largest absolute Gasteiger partial charge is 0.338 e. The number of benzene rings is 2. The normalized spacial score (nSPS) is 14.5. The second-order valence-corrected chi connectivity index (χ2v) is 10.5. The van der Waals surface area contributed by atoms with E-state index in [-0.39, 0.29) is 48.7 Å². The van der Waals surface area contributed by atoms with Gasteiger partial charge in [-0.3, -0.25) is 14.3 Å². The first-order valence-electron chi connectivity index (χ1n) is 10.6. The van der Waals surface area contributed by atoms with Gasteiger partial charge in [-0.1, -0.05) is 0 Å². The van der Waals surface area contributed by atoms with E-state index in [4.69, 9.17) is 0 Å². The fraction of sp³-hybridized carbons (Fsp3) is 0.174. The number of hydrogen-bond acceptors (Lipinski definition) is 6. The number of amides is 2. The summed E-state index contributed by atoms with van der Waals surface area (Å²) in [6.45, 7) is 0.496. The summed E-state index contributed by atoms with van der Waals surface area (Å²) >= 11 is 1.17. The Morgan fingerprint density at radius 3 is 2.66 bits per heavy atom. The lowest BCUT2D eigenvalue weighted by molar-refractivity contribution is -0.137. The predicted molar refractivity (Wildman–Crippen MR) is 132 cm³/mol. The van der Waals surface area contributed by atoms with Crippen molar-refractivity contribution in [2.24, 2.45) is 0 Å². The average molecular weight is 516 g/mol. The molecule has 0 atom stereocenters. The number of anilines is 2. The van der Waals surface area contributed by atoms with Crippen LogP contribution in [0.2, 0.25) is 0 Å². The van der Waals surface area contributed by atoms with E-state index in [1.54, 1.807) is 34.3 Å². The van der Waals surface area contributed by atoms with Crippen LogP contribution in [0.25, 0.3) is 10.9 Å². The van der Waals surface area contributed by atoms with Crippen LogP contribution in [0.5, 0.6) is 0 Å². The van der Waals surface area contributed by atoms with E-state index in [0.717, 1.165) is 5.39 Å². The zero-order valence-electron chi connectivity index (χ0n) is 18.3. The van der Waals surface area contributed by atoms with Crippen LogP contribution >= 0.6 is 11.3 Å². The van der Waals surface area contributed by atoms with Crippen LogP contribution in [0.3, 0.4) is 0 Å². The van der Waals surface area contributed by atoms with Crippen LogP contribution in [0.1, 0.15) is 1.43 Å². The Labute approximate surface area is 205 Å². The maximum atomic E-state index is 13.6. The number of nitrogens with one attached hydrogen (secondary N) is 1. The zero-order valence-corrected chi connectivity index (χ0v) is 19.9. The predicted octanol–water partition coefficient (Wildman–Crippen LogP) is 3.16. The molecule has 182 valence electrons. The van der Waals surface area contributed by atoms with Gasteiger partial charge in [-0.2, -0.15) is 0 Å². The number of halogens is 1. The van der Waals surface area contributed by atoms with Gasteiger partial charge >= 0.3 is 0 Å². The van der Waals surface area contributed by atoms with E-state index in [1.807, 2.05) is 6.07 Å². The van der Waals surface area contributed by atoms with Gasteiger partial charge in [0.15, 0.2) is 5.13 Å². The summed E-state index contributed by atoms with van der Waals surface area (Å²) in [5, 5.41) is 2.76. The van der Waals surface area contributed by atoms with Gasteiger partial charge in [0.1, 0.15) is 18.9 Å². The van der Waals surface area contributed by atoms with Crippen LogP contribution in [0.15, 0.2) is 71.2 Å². The first kappa shape index (κ1) is 23.0. The second-order valence-electron chi connectivity index (χ2n) is 7.94. The van der Waals surface area contributed by atoms with E-state index < -0.39 is 10.0 Å². The SMILES string of the molecule is O=C(Cn1ccc2ccc(F)cc21)N1CCN(c2ccc(S(=O)(=O)Nc3nccs3)cc2)C(=O)C1.[HH]. The van der Waals surface area contributed by atoms with Crippen LogP contribution in [0, 0.1) is 5.82 Å². The molecule has 0 aliphatic carbocycles. The molecule has 2 amide bonds. The molecule has 2 aromatic heterocycles. The summed E-state index contributed by atoms with van der Waals surface area (Å²) in [6, 6.07) is 12.2. The van der Waals surface area contributed by atoms with E-state index >= 15 is 0 Å². The first-order valence-corrected chi connectivity index (χ1v) is 13.0. The third-order valence-electron chi connectivity index (χ3n) is 5.73. The number of carbonyl (C=O) groups is 2. The van der Waals surface area contributed by atoms with Crippen molar-refractivity contribution < 1.29 is 23.8 Å². The number of piperazine rings is 1. The molecular formula is C23H22FN5O4S2. The van der Waals surface area contributed by atoms with Gasteiger partial charge in [-0.05, 0) is 53.9 Å². The molecule has 3 heterocycles. The third kappa shape index (κ3) is 4.75. The van der Waals surface area contributed by atoms with E-state index in [1.165, 1.54) is 51.6 Å². The minimum absolute atomic E-state index is 0. The summed E-state index contributed by atoms with van der Waals surface area (Å²) < 4.78 is 42.7. The number of carbonyl (C=O) groups excluding carboxylic acids is 2. The number of nitrogens with zero attached hydrogens (tertiary/aromatic N) is 4. The number of thiazole rings is 1. The van der Waals surface area contributed by atoms with Gasteiger partial charge in [0, 0.05) is 38.0 Å². The summed E-state index contributed by atoms with van der Waals surface area (Å²) in [5.74, 6) is -0.898. The maximum absolute atomic E-state index is 13.6. The number of aromatic nitrogens is 2. The highest BCUT2D eigenvalue weighted by Gasteiger charge is 2.28. The Morgan fingerprint density at radius 2 is 1.94 bits per heavy atom. The van der Waals surface area contributed by atoms with Gasteiger partial charge in [0.25, 0.3) is 10.0 Å². The van der Waals surface area contributed by atoms with Crippen molar-refractivity contribution in [1.29, 1.82) is 0 Å². The molecular weight excluding hydrogens is 493 g/mol.